The smallest absolute Gasteiger partial charge is 0.213 e. The highest BCUT2D eigenvalue weighted by molar-refractivity contribution is 5.26. The van der Waals surface area contributed by atoms with Crippen LogP contribution in [0.2, 0.25) is 0 Å². The Morgan fingerprint density at radius 2 is 2.18 bits per heavy atom. The number of pyridine rings is 1. The van der Waals surface area contributed by atoms with Gasteiger partial charge in [0.05, 0.1) is 6.61 Å². The SMILES string of the molecule is CC(C)c1cc(CN)cc(OCCC2CC2)n1. The Balaban J connectivity index is 2.00. The maximum Gasteiger partial charge on any atom is 0.213 e. The van der Waals surface area contributed by atoms with Gasteiger partial charge in [-0.25, -0.2) is 4.98 Å². The van der Waals surface area contributed by atoms with Crippen LogP contribution in [0.1, 0.15) is 50.3 Å². The van der Waals surface area contributed by atoms with Crippen LogP contribution in [0.25, 0.3) is 0 Å². The van der Waals surface area contributed by atoms with Crippen LogP contribution in [0.5, 0.6) is 5.88 Å². The average molecular weight is 234 g/mol. The summed E-state index contributed by atoms with van der Waals surface area (Å²) >= 11 is 0. The molecule has 17 heavy (non-hydrogen) atoms. The first-order valence-electron chi connectivity index (χ1n) is 6.52. The van der Waals surface area contributed by atoms with E-state index in [1.807, 2.05) is 6.07 Å². The largest absolute Gasteiger partial charge is 0.478 e. The van der Waals surface area contributed by atoms with Crippen LogP contribution in [0.15, 0.2) is 12.1 Å². The molecule has 0 amide bonds. The minimum Gasteiger partial charge on any atom is -0.478 e. The van der Waals surface area contributed by atoms with Crippen molar-refractivity contribution in [1.29, 1.82) is 0 Å². The molecule has 1 aromatic heterocycles. The summed E-state index contributed by atoms with van der Waals surface area (Å²) < 4.78 is 5.72. The molecular weight excluding hydrogens is 212 g/mol. The second-order valence-electron chi connectivity index (χ2n) is 5.18. The van der Waals surface area contributed by atoms with E-state index < -0.39 is 0 Å². The lowest BCUT2D eigenvalue weighted by molar-refractivity contribution is 0.290. The van der Waals surface area contributed by atoms with E-state index in [-0.39, 0.29) is 0 Å². The molecule has 1 saturated carbocycles. The van der Waals surface area contributed by atoms with E-state index in [0.29, 0.717) is 12.5 Å². The van der Waals surface area contributed by atoms with Gasteiger partial charge >= 0.3 is 0 Å². The number of nitrogens with zero attached hydrogens (tertiary/aromatic N) is 1. The van der Waals surface area contributed by atoms with E-state index in [1.54, 1.807) is 0 Å². The number of hydrogen-bond donors (Lipinski definition) is 1. The maximum absolute atomic E-state index is 5.72. The Hall–Kier alpha value is -1.09. The topological polar surface area (TPSA) is 48.1 Å². The fourth-order valence-electron chi connectivity index (χ4n) is 1.81. The zero-order valence-electron chi connectivity index (χ0n) is 10.8. The summed E-state index contributed by atoms with van der Waals surface area (Å²) in [5, 5.41) is 0. The second kappa shape index (κ2) is 5.50. The lowest BCUT2D eigenvalue weighted by Gasteiger charge is -2.11. The highest BCUT2D eigenvalue weighted by Crippen LogP contribution is 2.32. The van der Waals surface area contributed by atoms with Crippen LogP contribution in [0.4, 0.5) is 0 Å². The van der Waals surface area contributed by atoms with E-state index in [2.05, 4.69) is 24.9 Å². The predicted octanol–water partition coefficient (Wildman–Crippen LogP) is 2.84. The van der Waals surface area contributed by atoms with Crippen LogP contribution in [0, 0.1) is 5.92 Å². The van der Waals surface area contributed by atoms with Crippen LogP contribution in [-0.2, 0) is 6.54 Å². The summed E-state index contributed by atoms with van der Waals surface area (Å²) in [6, 6.07) is 4.02. The minimum absolute atomic E-state index is 0.410. The standard InChI is InChI=1S/C14H22N2O/c1-10(2)13-7-12(9-15)8-14(16-13)17-6-5-11-3-4-11/h7-8,10-11H,3-6,9,15H2,1-2H3. The fourth-order valence-corrected chi connectivity index (χ4v) is 1.81. The van der Waals surface area contributed by atoms with Crippen molar-refractivity contribution >= 4 is 0 Å². The predicted molar refractivity (Wildman–Crippen MR) is 69.1 cm³/mol. The first-order chi connectivity index (χ1) is 8.19. The molecule has 0 spiro atoms. The van der Waals surface area contributed by atoms with Gasteiger partial charge in [0, 0.05) is 18.3 Å². The van der Waals surface area contributed by atoms with Crippen molar-refractivity contribution in [2.24, 2.45) is 11.7 Å². The van der Waals surface area contributed by atoms with E-state index in [0.717, 1.165) is 36.1 Å². The van der Waals surface area contributed by atoms with Gasteiger partial charge in [0.1, 0.15) is 0 Å². The summed E-state index contributed by atoms with van der Waals surface area (Å²) in [7, 11) is 0. The number of nitrogens with two attached hydrogens (primary N) is 1. The Bertz CT molecular complexity index is 372. The Morgan fingerprint density at radius 3 is 2.76 bits per heavy atom. The van der Waals surface area contributed by atoms with Crippen molar-refractivity contribution < 1.29 is 4.74 Å². The molecule has 3 nitrogen and oxygen atoms in total. The van der Waals surface area contributed by atoms with E-state index in [1.165, 1.54) is 12.8 Å². The summed E-state index contributed by atoms with van der Waals surface area (Å²) in [6.07, 6.45) is 3.90. The van der Waals surface area contributed by atoms with Gasteiger partial charge in [-0.05, 0) is 29.9 Å². The molecule has 0 bridgehead atoms. The zero-order chi connectivity index (χ0) is 12.3. The van der Waals surface area contributed by atoms with Crippen LogP contribution in [-0.4, -0.2) is 11.6 Å². The molecule has 0 saturated heterocycles. The fraction of sp³-hybridized carbons (Fsp3) is 0.643. The number of aromatic nitrogens is 1. The molecule has 0 atom stereocenters. The lowest BCUT2D eigenvalue weighted by Crippen LogP contribution is -2.05. The average Bonchev–Trinajstić information content (AvgIpc) is 3.12. The highest BCUT2D eigenvalue weighted by Gasteiger charge is 2.20. The van der Waals surface area contributed by atoms with Crippen LogP contribution < -0.4 is 10.5 Å². The van der Waals surface area contributed by atoms with Gasteiger partial charge in [0.15, 0.2) is 0 Å². The monoisotopic (exact) mass is 234 g/mol. The van der Waals surface area contributed by atoms with Gasteiger partial charge < -0.3 is 10.5 Å². The van der Waals surface area contributed by atoms with Crippen molar-refractivity contribution in [3.8, 4) is 5.88 Å². The summed E-state index contributed by atoms with van der Waals surface area (Å²) in [5.74, 6) is 2.04. The van der Waals surface area contributed by atoms with Gasteiger partial charge in [-0.15, -0.1) is 0 Å². The molecule has 94 valence electrons. The molecule has 1 fully saturated rings. The molecule has 1 aliphatic carbocycles. The minimum atomic E-state index is 0.410. The van der Waals surface area contributed by atoms with Crippen molar-refractivity contribution in [3.05, 3.63) is 23.4 Å². The van der Waals surface area contributed by atoms with E-state index >= 15 is 0 Å². The van der Waals surface area contributed by atoms with Gasteiger partial charge in [-0.3, -0.25) is 0 Å². The molecule has 1 aromatic rings. The Labute approximate surface area is 103 Å². The summed E-state index contributed by atoms with van der Waals surface area (Å²) in [5.41, 5.74) is 7.86. The van der Waals surface area contributed by atoms with Gasteiger partial charge in [0.25, 0.3) is 0 Å². The van der Waals surface area contributed by atoms with Crippen molar-refractivity contribution in [2.75, 3.05) is 6.61 Å². The molecule has 0 aromatic carbocycles. The molecule has 1 aliphatic rings. The van der Waals surface area contributed by atoms with E-state index in [9.17, 15) is 0 Å². The van der Waals surface area contributed by atoms with Gasteiger partial charge in [-0.2, -0.15) is 0 Å². The van der Waals surface area contributed by atoms with Crippen molar-refractivity contribution in [1.82, 2.24) is 4.98 Å². The Kier molecular flexibility index (Phi) is 4.00. The zero-order valence-corrected chi connectivity index (χ0v) is 10.8. The quantitative estimate of drug-likeness (QED) is 0.823. The molecule has 3 heteroatoms. The third kappa shape index (κ3) is 3.70. The number of ether oxygens (including phenoxy) is 1. The molecule has 2 N–H and O–H groups in total. The van der Waals surface area contributed by atoms with E-state index in [4.69, 9.17) is 10.5 Å². The summed E-state index contributed by atoms with van der Waals surface area (Å²) in [4.78, 5) is 4.52. The third-order valence-electron chi connectivity index (χ3n) is 3.18. The van der Waals surface area contributed by atoms with Crippen molar-refractivity contribution in [3.63, 3.8) is 0 Å². The Morgan fingerprint density at radius 1 is 1.41 bits per heavy atom. The van der Waals surface area contributed by atoms with Gasteiger partial charge in [-0.1, -0.05) is 26.7 Å². The highest BCUT2D eigenvalue weighted by atomic mass is 16.5. The first kappa shape index (κ1) is 12.4. The van der Waals surface area contributed by atoms with Crippen LogP contribution >= 0.6 is 0 Å². The molecular formula is C14H22N2O. The second-order valence-corrected chi connectivity index (χ2v) is 5.18. The van der Waals surface area contributed by atoms with Crippen molar-refractivity contribution in [2.45, 2.75) is 45.6 Å². The van der Waals surface area contributed by atoms with Crippen LogP contribution in [0.3, 0.4) is 0 Å². The maximum atomic E-state index is 5.72. The molecule has 1 heterocycles. The molecule has 0 radical (unpaired) electrons. The molecule has 2 rings (SSSR count). The normalized spacial score (nSPS) is 15.3. The first-order valence-corrected chi connectivity index (χ1v) is 6.52. The number of rotatable bonds is 6. The number of hydrogen-bond acceptors (Lipinski definition) is 3. The van der Waals surface area contributed by atoms with Gasteiger partial charge in [0.2, 0.25) is 5.88 Å². The molecule has 0 unspecified atom stereocenters. The lowest BCUT2D eigenvalue weighted by atomic mass is 10.1. The molecule has 0 aliphatic heterocycles. The summed E-state index contributed by atoms with van der Waals surface area (Å²) in [6.45, 7) is 5.59. The third-order valence-corrected chi connectivity index (χ3v) is 3.18.